The number of rotatable bonds is 0. The molecule has 51 valence electrons. The van der Waals surface area contributed by atoms with Gasteiger partial charge in [-0.25, -0.2) is 0 Å². The molecular weight excluding hydrogens is 313 g/mol. The third-order valence-corrected chi connectivity index (χ3v) is 0. The van der Waals surface area contributed by atoms with Crippen molar-refractivity contribution in [2.75, 3.05) is 0 Å². The second kappa shape index (κ2) is 23.5. The van der Waals surface area contributed by atoms with Crippen molar-refractivity contribution in [3.05, 3.63) is 0 Å². The Hall–Kier alpha value is 3.67. The molecule has 1 radical (unpaired) electrons. The molecular formula is HAlCaFeMgMnO5P+7. The van der Waals surface area contributed by atoms with E-state index in [-0.39, 0.29) is 118 Å². The number of hydrogen-bond acceptors (Lipinski definition) is 5. The van der Waals surface area contributed by atoms with Crippen LogP contribution < -0.4 is 14.7 Å². The van der Waals surface area contributed by atoms with Gasteiger partial charge in [0.25, 0.3) is 0 Å². The number of hydrogen-bond donors (Lipinski definition) is 0. The molecule has 0 unspecified atom stereocenters. The maximum atomic E-state index is 8.55. The molecule has 0 amide bonds. The largest absolute Gasteiger partial charge is 3.00 e. The van der Waals surface area contributed by atoms with E-state index in [1.165, 1.54) is 0 Å². The normalized spacial score (nSPS) is 5.36. The van der Waals surface area contributed by atoms with Crippen molar-refractivity contribution in [3.8, 4) is 0 Å². The summed E-state index contributed by atoms with van der Waals surface area (Å²) in [7, 11) is -5.39. The number of phosphoric acid groups is 1. The van der Waals surface area contributed by atoms with Crippen LogP contribution in [0.25, 0.3) is 0 Å². The molecule has 0 bridgehead atoms. The van der Waals surface area contributed by atoms with Crippen LogP contribution in [0, 0.1) is 0 Å². The van der Waals surface area contributed by atoms with Crippen molar-refractivity contribution >= 4 is 86.0 Å². The zero-order chi connectivity index (χ0) is 4.50. The average molecular weight is 314 g/mol. The third kappa shape index (κ3) is 138. The summed E-state index contributed by atoms with van der Waals surface area (Å²) in [5, 5.41) is 0. The summed E-state index contributed by atoms with van der Waals surface area (Å²) in [6, 6.07) is 0. The van der Waals surface area contributed by atoms with Crippen molar-refractivity contribution in [1.82, 2.24) is 0 Å². The van der Waals surface area contributed by atoms with Crippen molar-refractivity contribution < 1.29 is 58.9 Å². The van der Waals surface area contributed by atoms with Gasteiger partial charge in [-0.15, -0.1) is 0 Å². The van der Waals surface area contributed by atoms with Crippen LogP contribution in [0.1, 0.15) is 0 Å². The van der Waals surface area contributed by atoms with Gasteiger partial charge in [-0.2, -0.15) is 7.82 Å². The van der Waals surface area contributed by atoms with Gasteiger partial charge in [0, 0.05) is 0 Å². The SMILES string of the molecule is O=P([O-])([O-])[O-].[Al+3].[Ca+2].[Fe+2].[Mg+2].[Mn+2].[OH-]. The summed E-state index contributed by atoms with van der Waals surface area (Å²) in [4.78, 5) is 25.6. The van der Waals surface area contributed by atoms with Gasteiger partial charge in [0.05, 0.1) is 0 Å². The van der Waals surface area contributed by atoms with Crippen LogP contribution in [-0.4, -0.2) is 83.6 Å². The minimum atomic E-state index is -5.39. The second-order valence-electron chi connectivity index (χ2n) is 0.447. The summed E-state index contributed by atoms with van der Waals surface area (Å²) in [5.41, 5.74) is 0. The van der Waals surface area contributed by atoms with E-state index in [0.29, 0.717) is 0 Å². The van der Waals surface area contributed by atoms with E-state index in [4.69, 9.17) is 19.2 Å². The Morgan fingerprint density at radius 2 is 1.09 bits per heavy atom. The first-order chi connectivity index (χ1) is 2.00. The van der Waals surface area contributed by atoms with Crippen molar-refractivity contribution in [3.63, 3.8) is 0 Å². The quantitative estimate of drug-likeness (QED) is 0.332. The van der Waals surface area contributed by atoms with Gasteiger partial charge in [-0.3, -0.25) is 0 Å². The monoisotopic (exact) mass is 314 g/mol. The van der Waals surface area contributed by atoms with Crippen LogP contribution in [0.2, 0.25) is 0 Å². The minimum absolute atomic E-state index is 0. The van der Waals surface area contributed by atoms with Crippen molar-refractivity contribution in [1.29, 1.82) is 0 Å². The molecule has 0 spiro atoms. The van der Waals surface area contributed by atoms with Crippen LogP contribution in [-0.2, 0) is 38.7 Å². The topological polar surface area (TPSA) is 116 Å². The van der Waals surface area contributed by atoms with Crippen LogP contribution in [0.3, 0.4) is 0 Å². The van der Waals surface area contributed by atoms with Gasteiger partial charge in [0.2, 0.25) is 0 Å². The summed E-state index contributed by atoms with van der Waals surface area (Å²) in [5.74, 6) is 0. The molecule has 0 heterocycles. The zero-order valence-electron chi connectivity index (χ0n) is 5.25. The molecule has 0 aliphatic carbocycles. The van der Waals surface area contributed by atoms with E-state index in [9.17, 15) is 0 Å². The van der Waals surface area contributed by atoms with E-state index in [0.717, 1.165) is 0 Å². The van der Waals surface area contributed by atoms with Crippen LogP contribution in [0.4, 0.5) is 0 Å². The molecule has 5 nitrogen and oxygen atoms in total. The molecule has 0 rings (SSSR count). The standard InChI is InChI=1S/Al.Ca.Fe.Mg.Mn.H3O4P.H2O/c;;;;;1-5(2,3)4;/h;;;;;(H3,1,2,3,4);1H2/q+3;4*+2;;/p-4. The van der Waals surface area contributed by atoms with E-state index in [1.54, 1.807) is 0 Å². The third-order valence-electron chi connectivity index (χ3n) is 0. The fourth-order valence-corrected chi connectivity index (χ4v) is 0. The smallest absolute Gasteiger partial charge is 0.870 e. The van der Waals surface area contributed by atoms with Gasteiger partial charge < -0.3 is 24.7 Å². The molecule has 1 N–H and O–H groups in total. The van der Waals surface area contributed by atoms with E-state index in [1.807, 2.05) is 0 Å². The first kappa shape index (κ1) is 46.6. The predicted octanol–water partition coefficient (Wildman–Crippen LogP) is -4.15. The molecule has 11 heavy (non-hydrogen) atoms. The Morgan fingerprint density at radius 1 is 1.09 bits per heavy atom. The minimum Gasteiger partial charge on any atom is -0.870 e. The predicted molar refractivity (Wildman–Crippen MR) is 26.8 cm³/mol. The van der Waals surface area contributed by atoms with Gasteiger partial charge in [0.1, 0.15) is 0 Å². The van der Waals surface area contributed by atoms with E-state index >= 15 is 0 Å². The Balaban J connectivity index is -0.00000000533. The van der Waals surface area contributed by atoms with Crippen LogP contribution in [0.15, 0.2) is 0 Å². The van der Waals surface area contributed by atoms with Crippen molar-refractivity contribution in [2.45, 2.75) is 0 Å². The van der Waals surface area contributed by atoms with E-state index in [2.05, 4.69) is 0 Å². The molecule has 11 heteroatoms. The molecule has 0 saturated heterocycles. The zero-order valence-corrected chi connectivity index (χ0v) is 13.2. The van der Waals surface area contributed by atoms with Crippen LogP contribution in [0.5, 0.6) is 0 Å². The molecule has 0 atom stereocenters. The molecule has 0 aromatic carbocycles. The Bertz CT molecular complexity index is 72.6. The molecule has 0 saturated carbocycles. The first-order valence-corrected chi connectivity index (χ1v) is 2.19. The summed E-state index contributed by atoms with van der Waals surface area (Å²) in [6.07, 6.45) is 0. The van der Waals surface area contributed by atoms with Crippen LogP contribution >= 0.6 is 7.82 Å². The molecule has 0 aromatic rings. The first-order valence-electron chi connectivity index (χ1n) is 0.730. The maximum Gasteiger partial charge on any atom is 3.00 e. The second-order valence-corrected chi connectivity index (χ2v) is 1.34. The fourth-order valence-electron chi connectivity index (χ4n) is 0. The van der Waals surface area contributed by atoms with Gasteiger partial charge in [0.15, 0.2) is 0 Å². The van der Waals surface area contributed by atoms with Gasteiger partial charge in [-0.05, 0) is 0 Å². The fraction of sp³-hybridized carbons (Fsp3) is 0. The van der Waals surface area contributed by atoms with E-state index < -0.39 is 7.82 Å². The van der Waals surface area contributed by atoms with Gasteiger partial charge in [-0.1, -0.05) is 0 Å². The maximum absolute atomic E-state index is 8.55. The summed E-state index contributed by atoms with van der Waals surface area (Å²) in [6.45, 7) is 0. The molecule has 0 aromatic heterocycles. The summed E-state index contributed by atoms with van der Waals surface area (Å²) >= 11 is 0. The Kier molecular flexibility index (Phi) is 99.4. The van der Waals surface area contributed by atoms with Gasteiger partial charge >= 0.3 is 112 Å². The Morgan fingerprint density at radius 3 is 1.09 bits per heavy atom. The average Bonchev–Trinajstić information content (AvgIpc) is 0.722. The molecule has 0 aliphatic rings. The van der Waals surface area contributed by atoms with Crippen molar-refractivity contribution in [2.24, 2.45) is 0 Å². The Labute approximate surface area is 142 Å². The molecule has 0 fully saturated rings. The summed E-state index contributed by atoms with van der Waals surface area (Å²) < 4.78 is 8.55. The molecule has 0 aliphatic heterocycles.